The van der Waals surface area contributed by atoms with Gasteiger partial charge in [0, 0.05) is 11.0 Å². The smallest absolute Gasteiger partial charge is 0.307 e. The van der Waals surface area contributed by atoms with E-state index >= 15 is 0 Å². The molecule has 0 saturated carbocycles. The number of rotatable bonds is 5. The van der Waals surface area contributed by atoms with Crippen LogP contribution >= 0.6 is 15.9 Å². The van der Waals surface area contributed by atoms with Gasteiger partial charge in [0.2, 0.25) is 0 Å². The van der Waals surface area contributed by atoms with Gasteiger partial charge < -0.3 is 10.1 Å². The van der Waals surface area contributed by atoms with Gasteiger partial charge in [0.1, 0.15) is 0 Å². The standard InChI is InChI=1S/C13H16BrNO3/c1-3-18-12(16)6-7-15-13(17)10-8-9(2)4-5-11(10)14/h4-5,8H,3,6-7H2,1-2H3,(H,15,17). The Kier molecular flexibility index (Phi) is 5.85. The molecule has 18 heavy (non-hydrogen) atoms. The van der Waals surface area contributed by atoms with Crippen LogP contribution in [0.25, 0.3) is 0 Å². The Balaban J connectivity index is 2.50. The molecule has 0 fully saturated rings. The van der Waals surface area contributed by atoms with Crippen LogP contribution in [0.2, 0.25) is 0 Å². The largest absolute Gasteiger partial charge is 0.466 e. The number of carbonyl (C=O) groups is 2. The van der Waals surface area contributed by atoms with Gasteiger partial charge in [-0.15, -0.1) is 0 Å². The fourth-order valence-electron chi connectivity index (χ4n) is 1.42. The van der Waals surface area contributed by atoms with E-state index in [1.165, 1.54) is 0 Å². The summed E-state index contributed by atoms with van der Waals surface area (Å²) in [7, 11) is 0. The summed E-state index contributed by atoms with van der Waals surface area (Å²) in [6.07, 6.45) is 0.184. The van der Waals surface area contributed by atoms with Gasteiger partial charge in [0.25, 0.3) is 5.91 Å². The zero-order valence-corrected chi connectivity index (χ0v) is 12.0. The number of carbonyl (C=O) groups excluding carboxylic acids is 2. The van der Waals surface area contributed by atoms with Gasteiger partial charge in [-0.3, -0.25) is 9.59 Å². The molecule has 0 bridgehead atoms. The van der Waals surface area contributed by atoms with Crippen LogP contribution in [0.3, 0.4) is 0 Å². The third-order valence-corrected chi connectivity index (χ3v) is 2.98. The lowest BCUT2D eigenvalue weighted by atomic mass is 10.1. The molecule has 1 N–H and O–H groups in total. The topological polar surface area (TPSA) is 55.4 Å². The summed E-state index contributed by atoms with van der Waals surface area (Å²) in [5.74, 6) is -0.504. The molecule has 98 valence electrons. The van der Waals surface area contributed by atoms with Crippen LogP contribution in [0.5, 0.6) is 0 Å². The van der Waals surface area contributed by atoms with Gasteiger partial charge in [0.15, 0.2) is 0 Å². The summed E-state index contributed by atoms with van der Waals surface area (Å²) < 4.78 is 5.51. The molecule has 0 unspecified atom stereocenters. The van der Waals surface area contributed by atoms with Crippen LogP contribution < -0.4 is 5.32 Å². The summed E-state index contributed by atoms with van der Waals surface area (Å²) in [5, 5.41) is 2.69. The minimum atomic E-state index is -0.305. The van der Waals surface area contributed by atoms with Crippen molar-refractivity contribution in [3.05, 3.63) is 33.8 Å². The predicted molar refractivity (Wildman–Crippen MR) is 72.5 cm³/mol. The van der Waals surface area contributed by atoms with E-state index in [2.05, 4.69) is 21.2 Å². The van der Waals surface area contributed by atoms with E-state index in [1.807, 2.05) is 19.1 Å². The number of esters is 1. The summed E-state index contributed by atoms with van der Waals surface area (Å²) in [5.41, 5.74) is 1.58. The molecule has 5 heteroatoms. The Hall–Kier alpha value is -1.36. The van der Waals surface area contributed by atoms with E-state index in [1.54, 1.807) is 13.0 Å². The molecule has 0 aliphatic heterocycles. The minimum absolute atomic E-state index is 0.184. The number of aryl methyl sites for hydroxylation is 1. The van der Waals surface area contributed by atoms with Crippen LogP contribution in [0.1, 0.15) is 29.3 Å². The van der Waals surface area contributed by atoms with Gasteiger partial charge in [0.05, 0.1) is 18.6 Å². The van der Waals surface area contributed by atoms with Crippen molar-refractivity contribution < 1.29 is 14.3 Å². The first kappa shape index (κ1) is 14.7. The van der Waals surface area contributed by atoms with Crippen LogP contribution in [0, 0.1) is 6.92 Å². The summed E-state index contributed by atoms with van der Waals surface area (Å²) in [4.78, 5) is 23.0. The van der Waals surface area contributed by atoms with Crippen molar-refractivity contribution >= 4 is 27.8 Å². The monoisotopic (exact) mass is 313 g/mol. The Bertz CT molecular complexity index is 446. The van der Waals surface area contributed by atoms with E-state index in [-0.39, 0.29) is 24.8 Å². The number of amides is 1. The number of hydrogen-bond acceptors (Lipinski definition) is 3. The average molecular weight is 314 g/mol. The molecule has 0 aromatic heterocycles. The highest BCUT2D eigenvalue weighted by atomic mass is 79.9. The molecule has 4 nitrogen and oxygen atoms in total. The molecule has 0 aliphatic rings. The normalized spacial score (nSPS) is 9.94. The Morgan fingerprint density at radius 2 is 2.11 bits per heavy atom. The van der Waals surface area contributed by atoms with Crippen molar-refractivity contribution in [1.29, 1.82) is 0 Å². The summed E-state index contributed by atoms with van der Waals surface area (Å²) in [6.45, 7) is 4.30. The number of ether oxygens (including phenoxy) is 1. The predicted octanol–water partition coefficient (Wildman–Crippen LogP) is 2.44. The van der Waals surface area contributed by atoms with E-state index in [0.29, 0.717) is 12.2 Å². The molecule has 0 atom stereocenters. The van der Waals surface area contributed by atoms with E-state index in [9.17, 15) is 9.59 Å². The number of hydrogen-bond donors (Lipinski definition) is 1. The molecule has 1 aromatic rings. The highest BCUT2D eigenvalue weighted by Crippen LogP contribution is 2.17. The maximum atomic E-state index is 11.9. The number of halogens is 1. The third-order valence-electron chi connectivity index (χ3n) is 2.29. The molecule has 0 radical (unpaired) electrons. The first-order valence-corrected chi connectivity index (χ1v) is 6.54. The second-order valence-corrected chi connectivity index (χ2v) is 4.65. The zero-order valence-electron chi connectivity index (χ0n) is 10.5. The van der Waals surface area contributed by atoms with Gasteiger partial charge >= 0.3 is 5.97 Å². The highest BCUT2D eigenvalue weighted by Gasteiger charge is 2.10. The molecule has 0 heterocycles. The summed E-state index contributed by atoms with van der Waals surface area (Å²) in [6, 6.07) is 5.54. The van der Waals surface area contributed by atoms with Crippen molar-refractivity contribution in [3.8, 4) is 0 Å². The van der Waals surface area contributed by atoms with Crippen molar-refractivity contribution in [2.45, 2.75) is 20.3 Å². The lowest BCUT2D eigenvalue weighted by Gasteiger charge is -2.07. The molecule has 0 saturated heterocycles. The van der Waals surface area contributed by atoms with E-state index < -0.39 is 0 Å². The Labute approximate surface area is 115 Å². The lowest BCUT2D eigenvalue weighted by Crippen LogP contribution is -2.26. The Morgan fingerprint density at radius 1 is 1.39 bits per heavy atom. The quantitative estimate of drug-likeness (QED) is 0.849. The van der Waals surface area contributed by atoms with E-state index in [4.69, 9.17) is 4.74 Å². The van der Waals surface area contributed by atoms with Crippen molar-refractivity contribution in [2.24, 2.45) is 0 Å². The number of benzene rings is 1. The maximum Gasteiger partial charge on any atom is 0.307 e. The molecule has 0 spiro atoms. The fraction of sp³-hybridized carbons (Fsp3) is 0.385. The zero-order chi connectivity index (χ0) is 13.5. The van der Waals surface area contributed by atoms with Crippen molar-refractivity contribution in [2.75, 3.05) is 13.2 Å². The summed E-state index contributed by atoms with van der Waals surface area (Å²) >= 11 is 3.32. The Morgan fingerprint density at radius 3 is 2.78 bits per heavy atom. The lowest BCUT2D eigenvalue weighted by molar-refractivity contribution is -0.142. The molecule has 0 aliphatic carbocycles. The van der Waals surface area contributed by atoms with Gasteiger partial charge in [-0.25, -0.2) is 0 Å². The van der Waals surface area contributed by atoms with Crippen molar-refractivity contribution in [3.63, 3.8) is 0 Å². The minimum Gasteiger partial charge on any atom is -0.466 e. The third kappa shape index (κ3) is 4.49. The second-order valence-electron chi connectivity index (χ2n) is 3.79. The number of nitrogens with one attached hydrogen (secondary N) is 1. The second kappa shape index (κ2) is 7.16. The molecular weight excluding hydrogens is 298 g/mol. The van der Waals surface area contributed by atoms with Gasteiger partial charge in [-0.1, -0.05) is 11.6 Å². The van der Waals surface area contributed by atoms with Gasteiger partial charge in [-0.2, -0.15) is 0 Å². The SMILES string of the molecule is CCOC(=O)CCNC(=O)c1cc(C)ccc1Br. The average Bonchev–Trinajstić information content (AvgIpc) is 2.32. The van der Waals surface area contributed by atoms with Gasteiger partial charge in [-0.05, 0) is 41.9 Å². The maximum absolute atomic E-state index is 11.9. The molecule has 1 rings (SSSR count). The molecule has 1 aromatic carbocycles. The van der Waals surface area contributed by atoms with Crippen LogP contribution in [0.4, 0.5) is 0 Å². The van der Waals surface area contributed by atoms with Crippen molar-refractivity contribution in [1.82, 2.24) is 5.32 Å². The highest BCUT2D eigenvalue weighted by molar-refractivity contribution is 9.10. The first-order chi connectivity index (χ1) is 8.54. The van der Waals surface area contributed by atoms with Crippen LogP contribution in [-0.2, 0) is 9.53 Å². The first-order valence-electron chi connectivity index (χ1n) is 5.74. The molecular formula is C13H16BrNO3. The van der Waals surface area contributed by atoms with E-state index in [0.717, 1.165) is 10.0 Å². The van der Waals surface area contributed by atoms with Crippen LogP contribution in [-0.4, -0.2) is 25.0 Å². The van der Waals surface area contributed by atoms with Crippen LogP contribution in [0.15, 0.2) is 22.7 Å². The fourth-order valence-corrected chi connectivity index (χ4v) is 1.85. The molecule has 1 amide bonds.